The Morgan fingerprint density at radius 2 is 1.61 bits per heavy atom. The number of rotatable bonds is 8. The molecule has 0 atom stereocenters. The van der Waals surface area contributed by atoms with E-state index >= 15 is 0 Å². The third-order valence-electron chi connectivity index (χ3n) is 4.15. The third-order valence-corrected chi connectivity index (χ3v) is 5.90. The van der Waals surface area contributed by atoms with Crippen molar-refractivity contribution in [2.75, 3.05) is 17.2 Å². The Balaban J connectivity index is 1.86. The Bertz CT molecular complexity index is 1010. The van der Waals surface area contributed by atoms with Crippen molar-refractivity contribution in [3.63, 3.8) is 0 Å². The Labute approximate surface area is 165 Å². The quantitative estimate of drug-likeness (QED) is 0.568. The van der Waals surface area contributed by atoms with Crippen molar-refractivity contribution in [3.8, 4) is 17.2 Å². The van der Waals surface area contributed by atoms with Crippen molar-refractivity contribution in [3.05, 3.63) is 78.6 Å². The first-order chi connectivity index (χ1) is 13.5. The van der Waals surface area contributed by atoms with Gasteiger partial charge in [-0.25, -0.2) is 8.42 Å². The first kappa shape index (κ1) is 19.7. The lowest BCUT2D eigenvalue weighted by atomic mass is 10.2. The summed E-state index contributed by atoms with van der Waals surface area (Å²) in [5, 5.41) is 0. The average molecular weight is 398 g/mol. The zero-order valence-electron chi connectivity index (χ0n) is 15.8. The second kappa shape index (κ2) is 8.75. The molecule has 0 aliphatic heterocycles. The lowest BCUT2D eigenvalue weighted by molar-refractivity contribution is 0.379. The average Bonchev–Trinajstić information content (AvgIpc) is 2.74. The highest BCUT2D eigenvalue weighted by atomic mass is 32.2. The summed E-state index contributed by atoms with van der Waals surface area (Å²) in [5.41, 5.74) is 1.23. The molecule has 28 heavy (non-hydrogen) atoms. The first-order valence-corrected chi connectivity index (χ1v) is 10.5. The third kappa shape index (κ3) is 4.61. The van der Waals surface area contributed by atoms with E-state index in [1.165, 1.54) is 4.31 Å². The lowest BCUT2D eigenvalue weighted by Crippen LogP contribution is -2.32. The Morgan fingerprint density at radius 1 is 0.929 bits per heavy atom. The van der Waals surface area contributed by atoms with Gasteiger partial charge in [-0.15, -0.1) is 0 Å². The largest absolute Gasteiger partial charge is 0.493 e. The van der Waals surface area contributed by atoms with Crippen molar-refractivity contribution in [2.24, 2.45) is 0 Å². The van der Waals surface area contributed by atoms with E-state index in [0.717, 1.165) is 0 Å². The number of benzene rings is 2. The summed E-state index contributed by atoms with van der Waals surface area (Å²) in [7, 11) is -1.88. The van der Waals surface area contributed by atoms with E-state index in [-0.39, 0.29) is 12.3 Å². The second-order valence-corrected chi connectivity index (χ2v) is 8.16. The van der Waals surface area contributed by atoms with Crippen LogP contribution in [0, 0.1) is 0 Å². The van der Waals surface area contributed by atoms with Crippen LogP contribution in [-0.2, 0) is 16.6 Å². The molecule has 6 nitrogen and oxygen atoms in total. The highest BCUT2D eigenvalue weighted by Gasteiger charge is 2.21. The highest BCUT2D eigenvalue weighted by Crippen LogP contribution is 2.32. The zero-order chi connectivity index (χ0) is 20.0. The number of sulfonamides is 1. The van der Waals surface area contributed by atoms with Gasteiger partial charge in [-0.3, -0.25) is 9.29 Å². The summed E-state index contributed by atoms with van der Waals surface area (Å²) < 4.78 is 37.7. The van der Waals surface area contributed by atoms with Crippen molar-refractivity contribution >= 4 is 15.7 Å². The summed E-state index contributed by atoms with van der Waals surface area (Å²) in [6.45, 7) is 1.80. The molecular formula is C21H22N2O4S. The molecule has 1 aromatic heterocycles. The topological polar surface area (TPSA) is 68.7 Å². The Kier molecular flexibility index (Phi) is 6.16. The molecule has 0 spiro atoms. The Hall–Kier alpha value is -3.06. The number of hydrogen-bond acceptors (Lipinski definition) is 5. The second-order valence-electron chi connectivity index (χ2n) is 5.98. The maximum Gasteiger partial charge on any atom is 0.235 e. The molecule has 3 aromatic rings. The minimum absolute atomic E-state index is 0.000695. The number of anilines is 1. The van der Waals surface area contributed by atoms with Gasteiger partial charge in [0.2, 0.25) is 10.0 Å². The molecule has 0 aliphatic rings. The molecule has 146 valence electrons. The zero-order valence-corrected chi connectivity index (χ0v) is 16.6. The van der Waals surface area contributed by atoms with Crippen LogP contribution in [0.5, 0.6) is 17.2 Å². The fourth-order valence-corrected chi connectivity index (χ4v) is 3.74. The lowest BCUT2D eigenvalue weighted by Gasteiger charge is -2.23. The van der Waals surface area contributed by atoms with Crippen LogP contribution in [0.15, 0.2) is 72.9 Å². The maximum atomic E-state index is 12.6. The SMILES string of the molecule is CCS(=O)(=O)N(Cc1ccccn1)c1ccc(Oc2ccccc2OC)cc1. The van der Waals surface area contributed by atoms with E-state index in [1.807, 2.05) is 30.3 Å². The van der Waals surface area contributed by atoms with E-state index in [0.29, 0.717) is 28.6 Å². The molecular weight excluding hydrogens is 376 g/mol. The molecule has 0 saturated heterocycles. The van der Waals surface area contributed by atoms with E-state index in [4.69, 9.17) is 9.47 Å². The number of nitrogens with zero attached hydrogens (tertiary/aromatic N) is 2. The molecule has 0 saturated carbocycles. The minimum atomic E-state index is -3.46. The molecule has 1 heterocycles. The number of hydrogen-bond donors (Lipinski definition) is 0. The molecule has 3 rings (SSSR count). The molecule has 0 aliphatic carbocycles. The predicted octanol–water partition coefficient (Wildman–Crippen LogP) is 4.24. The van der Waals surface area contributed by atoms with Crippen molar-refractivity contribution in [2.45, 2.75) is 13.5 Å². The fourth-order valence-electron chi connectivity index (χ4n) is 2.66. The number of pyridine rings is 1. The molecule has 0 fully saturated rings. The van der Waals surface area contributed by atoms with Gasteiger partial charge in [0.05, 0.1) is 30.8 Å². The van der Waals surface area contributed by atoms with Gasteiger partial charge >= 0.3 is 0 Å². The monoisotopic (exact) mass is 398 g/mol. The van der Waals surface area contributed by atoms with Crippen LogP contribution < -0.4 is 13.8 Å². The molecule has 2 aromatic carbocycles. The minimum Gasteiger partial charge on any atom is -0.493 e. The Morgan fingerprint density at radius 3 is 2.21 bits per heavy atom. The van der Waals surface area contributed by atoms with Crippen molar-refractivity contribution < 1.29 is 17.9 Å². The van der Waals surface area contributed by atoms with E-state index in [1.54, 1.807) is 56.6 Å². The van der Waals surface area contributed by atoms with Crippen molar-refractivity contribution in [1.29, 1.82) is 0 Å². The predicted molar refractivity (Wildman–Crippen MR) is 109 cm³/mol. The number of ether oxygens (including phenoxy) is 2. The molecule has 7 heteroatoms. The van der Waals surface area contributed by atoms with Gasteiger partial charge in [0.25, 0.3) is 0 Å². The number of methoxy groups -OCH3 is 1. The number of aromatic nitrogens is 1. The van der Waals surface area contributed by atoms with Gasteiger partial charge in [0, 0.05) is 6.20 Å². The normalized spacial score (nSPS) is 11.1. The van der Waals surface area contributed by atoms with Crippen LogP contribution in [0.4, 0.5) is 5.69 Å². The molecule has 0 radical (unpaired) electrons. The van der Waals surface area contributed by atoms with Gasteiger partial charge in [-0.05, 0) is 55.5 Å². The molecule has 0 amide bonds. The van der Waals surface area contributed by atoms with Gasteiger partial charge in [-0.1, -0.05) is 18.2 Å². The molecule has 0 N–H and O–H groups in total. The van der Waals surface area contributed by atoms with Gasteiger partial charge in [0.15, 0.2) is 11.5 Å². The van der Waals surface area contributed by atoms with E-state index in [9.17, 15) is 8.42 Å². The van der Waals surface area contributed by atoms with Crippen LogP contribution >= 0.6 is 0 Å². The summed E-state index contributed by atoms with van der Waals surface area (Å²) in [4.78, 5) is 4.24. The van der Waals surface area contributed by atoms with Gasteiger partial charge in [-0.2, -0.15) is 0 Å². The van der Waals surface area contributed by atoms with Crippen LogP contribution in [0.25, 0.3) is 0 Å². The highest BCUT2D eigenvalue weighted by molar-refractivity contribution is 7.92. The summed E-state index contributed by atoms with van der Waals surface area (Å²) >= 11 is 0. The van der Waals surface area contributed by atoms with Crippen LogP contribution in [0.1, 0.15) is 12.6 Å². The smallest absolute Gasteiger partial charge is 0.235 e. The number of para-hydroxylation sites is 2. The summed E-state index contributed by atoms with van der Waals surface area (Å²) in [5.74, 6) is 1.79. The fraction of sp³-hybridized carbons (Fsp3) is 0.190. The van der Waals surface area contributed by atoms with Crippen LogP contribution in [-0.4, -0.2) is 26.3 Å². The van der Waals surface area contributed by atoms with Gasteiger partial charge in [0.1, 0.15) is 5.75 Å². The summed E-state index contributed by atoms with van der Waals surface area (Å²) in [6.07, 6.45) is 1.65. The van der Waals surface area contributed by atoms with Crippen LogP contribution in [0.2, 0.25) is 0 Å². The van der Waals surface area contributed by atoms with Crippen LogP contribution in [0.3, 0.4) is 0 Å². The summed E-state index contributed by atoms with van der Waals surface area (Å²) in [6, 6.07) is 19.7. The maximum absolute atomic E-state index is 12.6. The first-order valence-electron chi connectivity index (χ1n) is 8.84. The van der Waals surface area contributed by atoms with E-state index in [2.05, 4.69) is 4.98 Å². The molecule has 0 unspecified atom stereocenters. The van der Waals surface area contributed by atoms with Gasteiger partial charge < -0.3 is 9.47 Å². The van der Waals surface area contributed by atoms with Crippen molar-refractivity contribution in [1.82, 2.24) is 4.98 Å². The van der Waals surface area contributed by atoms with E-state index < -0.39 is 10.0 Å². The molecule has 0 bridgehead atoms. The standard InChI is InChI=1S/C21H22N2O4S/c1-3-28(24,25)23(16-17-8-6-7-15-22-17)18-11-13-19(14-12-18)27-21-10-5-4-9-20(21)26-2/h4-15H,3,16H2,1-2H3.